The van der Waals surface area contributed by atoms with Crippen molar-refractivity contribution in [2.75, 3.05) is 7.05 Å². The lowest BCUT2D eigenvalue weighted by molar-refractivity contribution is -0.142. The van der Waals surface area contributed by atoms with E-state index in [0.29, 0.717) is 24.4 Å². The van der Waals surface area contributed by atoms with Gasteiger partial charge in [0.1, 0.15) is 6.04 Å². The summed E-state index contributed by atoms with van der Waals surface area (Å²) >= 11 is 0. The smallest absolute Gasteiger partial charge is 0.335 e. The van der Waals surface area contributed by atoms with Crippen molar-refractivity contribution in [3.63, 3.8) is 0 Å². The molecule has 6 rings (SSSR count). The Morgan fingerprint density at radius 3 is 2.50 bits per heavy atom. The van der Waals surface area contributed by atoms with Crippen LogP contribution in [0.1, 0.15) is 71.8 Å². The molecule has 6 nitrogen and oxygen atoms in total. The van der Waals surface area contributed by atoms with Crippen molar-refractivity contribution < 1.29 is 19.8 Å². The zero-order valence-corrected chi connectivity index (χ0v) is 19.4. The molecule has 1 aliphatic carbocycles. The van der Waals surface area contributed by atoms with Crippen molar-refractivity contribution in [1.29, 1.82) is 0 Å². The molecule has 3 aliphatic rings. The van der Waals surface area contributed by atoms with Crippen LogP contribution in [-0.2, 0) is 11.3 Å². The van der Waals surface area contributed by atoms with Crippen LogP contribution >= 0.6 is 0 Å². The number of aromatic carboxylic acids is 1. The van der Waals surface area contributed by atoms with Gasteiger partial charge in [0.25, 0.3) is 0 Å². The third kappa shape index (κ3) is 3.12. The Bertz CT molecular complexity index is 1300. The second kappa shape index (κ2) is 7.98. The number of likely N-dealkylation sites (N-methyl/N-ethyl adjacent to an activating group) is 1. The highest BCUT2D eigenvalue weighted by Gasteiger charge is 2.46. The minimum Gasteiger partial charge on any atom is -0.480 e. The highest BCUT2D eigenvalue weighted by atomic mass is 16.4. The number of hydrogen-bond acceptors (Lipinski definition) is 3. The molecule has 0 amide bonds. The van der Waals surface area contributed by atoms with Gasteiger partial charge in [-0.1, -0.05) is 49.6 Å². The van der Waals surface area contributed by atoms with Crippen molar-refractivity contribution in [2.45, 2.75) is 69.0 Å². The van der Waals surface area contributed by atoms with Gasteiger partial charge in [-0.3, -0.25) is 9.69 Å². The van der Waals surface area contributed by atoms with Gasteiger partial charge < -0.3 is 14.8 Å². The molecule has 176 valence electrons. The summed E-state index contributed by atoms with van der Waals surface area (Å²) in [5, 5.41) is 20.7. The first-order valence-corrected chi connectivity index (χ1v) is 12.4. The van der Waals surface area contributed by atoms with E-state index in [1.165, 1.54) is 41.6 Å². The minimum atomic E-state index is -0.924. The first-order chi connectivity index (χ1) is 16.5. The van der Waals surface area contributed by atoms with Crippen LogP contribution in [0.4, 0.5) is 0 Å². The Morgan fingerprint density at radius 1 is 1.00 bits per heavy atom. The van der Waals surface area contributed by atoms with E-state index in [1.54, 1.807) is 6.07 Å². The van der Waals surface area contributed by atoms with Gasteiger partial charge in [0.2, 0.25) is 0 Å². The number of fused-ring (bicyclic) bond motifs is 7. The molecule has 6 heteroatoms. The van der Waals surface area contributed by atoms with Crippen LogP contribution in [0.2, 0.25) is 0 Å². The number of benzene rings is 2. The Labute approximate surface area is 198 Å². The number of carboxylic acid groups (broad SMARTS) is 2. The molecule has 3 heterocycles. The lowest BCUT2D eigenvalue weighted by Crippen LogP contribution is -2.39. The average Bonchev–Trinajstić information content (AvgIpc) is 3.29. The lowest BCUT2D eigenvalue weighted by Gasteiger charge is -2.26. The molecule has 1 saturated carbocycles. The van der Waals surface area contributed by atoms with Crippen LogP contribution < -0.4 is 0 Å². The van der Waals surface area contributed by atoms with Crippen LogP contribution in [-0.4, -0.2) is 50.8 Å². The fourth-order valence-electron chi connectivity index (χ4n) is 6.96. The van der Waals surface area contributed by atoms with Crippen molar-refractivity contribution in [2.24, 2.45) is 0 Å². The maximum atomic E-state index is 12.0. The average molecular weight is 459 g/mol. The Hall–Kier alpha value is -3.12. The number of rotatable bonds is 3. The van der Waals surface area contributed by atoms with Gasteiger partial charge in [-0.2, -0.15) is 0 Å². The number of carboxylic acids is 2. The molecule has 0 bridgehead atoms. The largest absolute Gasteiger partial charge is 0.480 e. The van der Waals surface area contributed by atoms with E-state index < -0.39 is 18.0 Å². The molecule has 34 heavy (non-hydrogen) atoms. The second-order valence-corrected chi connectivity index (χ2v) is 10.3. The molecule has 0 radical (unpaired) electrons. The predicted molar refractivity (Wildman–Crippen MR) is 130 cm³/mol. The van der Waals surface area contributed by atoms with Crippen LogP contribution in [0.3, 0.4) is 0 Å². The molecule has 1 aromatic heterocycles. The van der Waals surface area contributed by atoms with E-state index in [0.717, 1.165) is 23.7 Å². The first-order valence-electron chi connectivity index (χ1n) is 12.4. The summed E-state index contributed by atoms with van der Waals surface area (Å²) in [7, 11) is 1.92. The quantitative estimate of drug-likeness (QED) is 0.556. The molecule has 1 saturated heterocycles. The number of aliphatic carboxylic acids is 1. The first kappa shape index (κ1) is 21.4. The zero-order chi connectivity index (χ0) is 23.6. The van der Waals surface area contributed by atoms with E-state index in [2.05, 4.69) is 28.8 Å². The summed E-state index contributed by atoms with van der Waals surface area (Å²) in [5.41, 5.74) is 6.23. The number of aromatic nitrogens is 1. The summed E-state index contributed by atoms with van der Waals surface area (Å²) < 4.78 is 2.32. The number of likely N-dealkylation sites (tertiary alicyclic amines) is 1. The van der Waals surface area contributed by atoms with Crippen LogP contribution in [0.5, 0.6) is 0 Å². The molecule has 3 aromatic rings. The molecular formula is C28H30N2O4. The second-order valence-electron chi connectivity index (χ2n) is 10.3. The molecule has 2 fully saturated rings. The molecule has 0 spiro atoms. The van der Waals surface area contributed by atoms with Crippen molar-refractivity contribution in [3.8, 4) is 11.3 Å². The van der Waals surface area contributed by atoms with Gasteiger partial charge in [0, 0.05) is 35.0 Å². The number of nitrogens with zero attached hydrogens (tertiary/aromatic N) is 2. The zero-order valence-electron chi connectivity index (χ0n) is 19.4. The molecule has 2 unspecified atom stereocenters. The van der Waals surface area contributed by atoms with E-state index >= 15 is 0 Å². The van der Waals surface area contributed by atoms with Gasteiger partial charge in [0.15, 0.2) is 0 Å². The van der Waals surface area contributed by atoms with Gasteiger partial charge in [0.05, 0.1) is 11.3 Å². The predicted octanol–water partition coefficient (Wildman–Crippen LogP) is 5.31. The Morgan fingerprint density at radius 2 is 1.76 bits per heavy atom. The Kier molecular flexibility index (Phi) is 5.03. The summed E-state index contributed by atoms with van der Waals surface area (Å²) in [5.74, 6) is -1.12. The topological polar surface area (TPSA) is 82.8 Å². The maximum Gasteiger partial charge on any atom is 0.335 e. The number of hydrogen-bond donors (Lipinski definition) is 2. The van der Waals surface area contributed by atoms with E-state index in [-0.39, 0.29) is 12.0 Å². The number of carbonyl (C=O) groups is 2. The van der Waals surface area contributed by atoms with Crippen molar-refractivity contribution in [1.82, 2.24) is 9.47 Å². The normalized spacial score (nSPS) is 24.9. The SMILES string of the molecule is CN1C2Cn3c(c(C4CCCCC4)c4ccc(C(=O)O)cc43)-c3ccccc3C2C[C@@H]1C(=O)O. The lowest BCUT2D eigenvalue weighted by atomic mass is 9.80. The van der Waals surface area contributed by atoms with Gasteiger partial charge in [-0.15, -0.1) is 0 Å². The van der Waals surface area contributed by atoms with Gasteiger partial charge >= 0.3 is 11.9 Å². The summed E-state index contributed by atoms with van der Waals surface area (Å²) in [6.07, 6.45) is 6.62. The van der Waals surface area contributed by atoms with Crippen molar-refractivity contribution >= 4 is 22.8 Å². The maximum absolute atomic E-state index is 12.0. The Balaban J connectivity index is 1.65. The van der Waals surface area contributed by atoms with E-state index in [4.69, 9.17) is 0 Å². The third-order valence-corrected chi connectivity index (χ3v) is 8.59. The molecule has 2 aromatic carbocycles. The molecular weight excluding hydrogens is 428 g/mol. The summed E-state index contributed by atoms with van der Waals surface area (Å²) in [6, 6.07) is 13.6. The van der Waals surface area contributed by atoms with E-state index in [9.17, 15) is 19.8 Å². The minimum absolute atomic E-state index is 0.0341. The van der Waals surface area contributed by atoms with Crippen LogP contribution in [0.15, 0.2) is 42.5 Å². The molecule has 2 N–H and O–H groups in total. The highest BCUT2D eigenvalue weighted by molar-refractivity contribution is 5.98. The van der Waals surface area contributed by atoms with Crippen molar-refractivity contribution in [3.05, 3.63) is 59.2 Å². The monoisotopic (exact) mass is 458 g/mol. The van der Waals surface area contributed by atoms with Crippen LogP contribution in [0, 0.1) is 0 Å². The molecule has 3 atom stereocenters. The highest BCUT2D eigenvalue weighted by Crippen LogP contribution is 2.50. The standard InChI is InChI=1S/C28H30N2O4/c1-29-23(28(33)34)14-21-18-9-5-6-10-19(18)26-25(16-7-3-2-4-8-16)20-12-11-17(27(31)32)13-22(20)30(26)15-24(21)29/h5-6,9-13,16,21,23-24H,2-4,7-8,14-15H2,1H3,(H,31,32)(H,33,34)/t21?,23-,24?/m1/s1. The van der Waals surface area contributed by atoms with Crippen LogP contribution in [0.25, 0.3) is 22.2 Å². The summed E-state index contributed by atoms with van der Waals surface area (Å²) in [6.45, 7) is 0.654. The van der Waals surface area contributed by atoms with Gasteiger partial charge in [-0.05, 0) is 55.5 Å². The van der Waals surface area contributed by atoms with Gasteiger partial charge in [-0.25, -0.2) is 4.79 Å². The fraction of sp³-hybridized carbons (Fsp3) is 0.429. The van der Waals surface area contributed by atoms with E-state index in [1.807, 2.05) is 24.1 Å². The third-order valence-electron chi connectivity index (χ3n) is 8.59. The fourth-order valence-corrected chi connectivity index (χ4v) is 6.96. The summed E-state index contributed by atoms with van der Waals surface area (Å²) in [4.78, 5) is 25.9. The molecule has 2 aliphatic heterocycles.